The van der Waals surface area contributed by atoms with E-state index in [0.717, 1.165) is 34.0 Å². The molecule has 168 valence electrons. The molecule has 1 unspecified atom stereocenters. The monoisotopic (exact) mass is 545 g/mol. The lowest BCUT2D eigenvalue weighted by Crippen LogP contribution is -2.40. The average molecular weight is 545 g/mol. The molecule has 0 bridgehead atoms. The van der Waals surface area contributed by atoms with E-state index in [2.05, 4.69) is 37.1 Å². The quantitative estimate of drug-likeness (QED) is 0.260. The van der Waals surface area contributed by atoms with E-state index >= 15 is 0 Å². The smallest absolute Gasteiger partial charge is 0.225 e. The minimum atomic E-state index is 0. The highest BCUT2D eigenvalue weighted by atomic mass is 127. The van der Waals surface area contributed by atoms with Crippen molar-refractivity contribution in [1.82, 2.24) is 25.4 Å². The number of halogens is 1. The van der Waals surface area contributed by atoms with Gasteiger partial charge < -0.3 is 16.0 Å². The number of nitrogens with zero attached hydrogens (tertiary/aromatic N) is 4. The van der Waals surface area contributed by atoms with Crippen molar-refractivity contribution in [3.8, 4) is 5.82 Å². The molecule has 2 aromatic heterocycles. The summed E-state index contributed by atoms with van der Waals surface area (Å²) in [6.45, 7) is 5.20. The number of rotatable bonds is 5. The summed E-state index contributed by atoms with van der Waals surface area (Å²) in [5.41, 5.74) is 5.10. The van der Waals surface area contributed by atoms with E-state index in [1.54, 1.807) is 7.05 Å². The number of carbonyl (C=O) groups is 1. The molecule has 9 heteroatoms. The van der Waals surface area contributed by atoms with Crippen LogP contribution in [-0.2, 0) is 11.3 Å². The van der Waals surface area contributed by atoms with Gasteiger partial charge in [0.1, 0.15) is 0 Å². The summed E-state index contributed by atoms with van der Waals surface area (Å²) in [6.07, 6.45) is 2.30. The van der Waals surface area contributed by atoms with Crippen molar-refractivity contribution in [2.45, 2.75) is 32.7 Å². The van der Waals surface area contributed by atoms with Gasteiger partial charge in [-0.3, -0.25) is 9.79 Å². The van der Waals surface area contributed by atoms with Crippen LogP contribution in [0.5, 0.6) is 0 Å². The van der Waals surface area contributed by atoms with Crippen molar-refractivity contribution < 1.29 is 4.79 Å². The van der Waals surface area contributed by atoms with Gasteiger partial charge in [0.25, 0.3) is 0 Å². The highest BCUT2D eigenvalue weighted by Gasteiger charge is 2.24. The van der Waals surface area contributed by atoms with Gasteiger partial charge in [0.2, 0.25) is 5.91 Å². The van der Waals surface area contributed by atoms with E-state index in [9.17, 15) is 4.79 Å². The van der Waals surface area contributed by atoms with E-state index < -0.39 is 0 Å². The van der Waals surface area contributed by atoms with Crippen molar-refractivity contribution >= 4 is 41.5 Å². The van der Waals surface area contributed by atoms with Crippen LogP contribution in [0.15, 0.2) is 53.7 Å². The minimum Gasteiger partial charge on any atom is -0.356 e. The Labute approximate surface area is 205 Å². The molecule has 1 aromatic carbocycles. The first-order valence-electron chi connectivity index (χ1n) is 10.4. The summed E-state index contributed by atoms with van der Waals surface area (Å²) in [7, 11) is 1.74. The fraction of sp³-hybridized carbons (Fsp3) is 0.304. The van der Waals surface area contributed by atoms with Crippen LogP contribution >= 0.6 is 24.0 Å². The standard InChI is InChI=1S/C23H27N7O.HI/c1-15-10-16(2)30(29-15)21-9-8-17(12-25-21)13-26-23(24-3)27-14-18-11-22(31)28-20-7-5-4-6-19(18)20;/h4-10,12,18H,11,13-14H2,1-3H3,(H,28,31)(H2,24,26,27);1H. The SMILES string of the molecule is CN=C(NCc1ccc(-n2nc(C)cc2C)nc1)NCC1CC(=O)Nc2ccccc21.I. The first-order valence-corrected chi connectivity index (χ1v) is 10.4. The number of fused-ring (bicyclic) bond motifs is 1. The molecule has 4 rings (SSSR count). The molecule has 0 spiro atoms. The third-order valence-corrected chi connectivity index (χ3v) is 5.34. The van der Waals surface area contributed by atoms with Gasteiger partial charge in [0, 0.05) is 50.1 Å². The predicted molar refractivity (Wildman–Crippen MR) is 137 cm³/mol. The third kappa shape index (κ3) is 5.45. The van der Waals surface area contributed by atoms with Crippen molar-refractivity contribution in [3.63, 3.8) is 0 Å². The van der Waals surface area contributed by atoms with Crippen LogP contribution in [0.3, 0.4) is 0 Å². The normalized spacial score (nSPS) is 15.4. The number of pyridine rings is 1. The number of aliphatic imine (C=N–C) groups is 1. The number of benzene rings is 1. The second kappa shape index (κ2) is 10.6. The number of hydrogen-bond acceptors (Lipinski definition) is 4. The van der Waals surface area contributed by atoms with Gasteiger partial charge in [-0.05, 0) is 43.2 Å². The third-order valence-electron chi connectivity index (χ3n) is 5.34. The van der Waals surface area contributed by atoms with Crippen LogP contribution in [0.4, 0.5) is 5.69 Å². The van der Waals surface area contributed by atoms with Crippen LogP contribution in [0.2, 0.25) is 0 Å². The summed E-state index contributed by atoms with van der Waals surface area (Å²) in [4.78, 5) is 20.9. The summed E-state index contributed by atoms with van der Waals surface area (Å²) >= 11 is 0. The molecule has 3 N–H and O–H groups in total. The molecule has 0 fully saturated rings. The van der Waals surface area contributed by atoms with Gasteiger partial charge in [-0.25, -0.2) is 9.67 Å². The van der Waals surface area contributed by atoms with Crippen LogP contribution in [-0.4, -0.2) is 40.2 Å². The van der Waals surface area contributed by atoms with Crippen LogP contribution < -0.4 is 16.0 Å². The first kappa shape index (κ1) is 23.7. The van der Waals surface area contributed by atoms with Crippen LogP contribution in [0.25, 0.3) is 5.82 Å². The Morgan fingerprint density at radius 3 is 2.72 bits per heavy atom. The molecule has 0 radical (unpaired) electrons. The molecular weight excluding hydrogens is 517 g/mol. The highest BCUT2D eigenvalue weighted by molar-refractivity contribution is 14.0. The molecule has 1 amide bonds. The second-order valence-corrected chi connectivity index (χ2v) is 7.71. The number of aryl methyl sites for hydroxylation is 2. The van der Waals surface area contributed by atoms with Crippen molar-refractivity contribution in [2.24, 2.45) is 4.99 Å². The van der Waals surface area contributed by atoms with Crippen molar-refractivity contribution in [2.75, 3.05) is 18.9 Å². The Bertz CT molecular complexity index is 1110. The van der Waals surface area contributed by atoms with Gasteiger partial charge in [-0.15, -0.1) is 24.0 Å². The number of guanidine groups is 1. The van der Waals surface area contributed by atoms with Gasteiger partial charge in [-0.1, -0.05) is 24.3 Å². The van der Waals surface area contributed by atoms with Gasteiger partial charge in [0.05, 0.1) is 5.69 Å². The Morgan fingerprint density at radius 2 is 2.03 bits per heavy atom. The van der Waals surface area contributed by atoms with Gasteiger partial charge >= 0.3 is 0 Å². The molecule has 1 atom stereocenters. The van der Waals surface area contributed by atoms with E-state index in [1.165, 1.54) is 0 Å². The number of para-hydroxylation sites is 1. The Morgan fingerprint density at radius 1 is 1.22 bits per heavy atom. The molecular formula is C23H28IN7O. The van der Waals surface area contributed by atoms with Gasteiger partial charge in [-0.2, -0.15) is 5.10 Å². The summed E-state index contributed by atoms with van der Waals surface area (Å²) < 4.78 is 1.84. The maximum absolute atomic E-state index is 12.0. The molecule has 1 aliphatic rings. The Hall–Kier alpha value is -2.95. The van der Waals surface area contributed by atoms with Gasteiger partial charge in [0.15, 0.2) is 11.8 Å². The number of nitrogens with one attached hydrogen (secondary N) is 3. The zero-order valence-electron chi connectivity index (χ0n) is 18.4. The predicted octanol–water partition coefficient (Wildman–Crippen LogP) is 3.29. The van der Waals surface area contributed by atoms with E-state index in [4.69, 9.17) is 0 Å². The molecule has 3 aromatic rings. The average Bonchev–Trinajstić information content (AvgIpc) is 3.11. The Kier molecular flexibility index (Phi) is 7.84. The second-order valence-electron chi connectivity index (χ2n) is 7.71. The zero-order chi connectivity index (χ0) is 21.8. The van der Waals surface area contributed by atoms with Crippen LogP contribution in [0, 0.1) is 13.8 Å². The molecule has 0 aliphatic carbocycles. The maximum atomic E-state index is 12.0. The molecule has 3 heterocycles. The largest absolute Gasteiger partial charge is 0.356 e. The topological polar surface area (TPSA) is 96.2 Å². The lowest BCUT2D eigenvalue weighted by atomic mass is 9.90. The Balaban J connectivity index is 0.00000289. The minimum absolute atomic E-state index is 0. The maximum Gasteiger partial charge on any atom is 0.225 e. The molecule has 1 aliphatic heterocycles. The van der Waals surface area contributed by atoms with Crippen LogP contribution in [0.1, 0.15) is 34.9 Å². The first-order chi connectivity index (χ1) is 15.0. The molecule has 32 heavy (non-hydrogen) atoms. The lowest BCUT2D eigenvalue weighted by molar-refractivity contribution is -0.116. The number of hydrogen-bond donors (Lipinski definition) is 3. The fourth-order valence-electron chi connectivity index (χ4n) is 3.82. The zero-order valence-corrected chi connectivity index (χ0v) is 20.8. The number of amides is 1. The van der Waals surface area contributed by atoms with E-state index in [0.29, 0.717) is 25.5 Å². The summed E-state index contributed by atoms with van der Waals surface area (Å²) in [5.74, 6) is 1.63. The number of carbonyl (C=O) groups excluding carboxylic acids is 1. The summed E-state index contributed by atoms with van der Waals surface area (Å²) in [6, 6.07) is 14.0. The van der Waals surface area contributed by atoms with E-state index in [-0.39, 0.29) is 35.8 Å². The number of anilines is 1. The highest BCUT2D eigenvalue weighted by Crippen LogP contribution is 2.31. The van der Waals surface area contributed by atoms with E-state index in [1.807, 2.05) is 61.1 Å². The molecule has 0 saturated carbocycles. The van der Waals surface area contributed by atoms with Crippen molar-refractivity contribution in [3.05, 3.63) is 71.2 Å². The fourth-order valence-corrected chi connectivity index (χ4v) is 3.82. The summed E-state index contributed by atoms with van der Waals surface area (Å²) in [5, 5.41) is 14.1. The molecule has 8 nitrogen and oxygen atoms in total. The molecule has 0 saturated heterocycles. The number of aromatic nitrogens is 3. The lowest BCUT2D eigenvalue weighted by Gasteiger charge is -2.26. The van der Waals surface area contributed by atoms with Crippen molar-refractivity contribution in [1.29, 1.82) is 0 Å².